The van der Waals surface area contributed by atoms with E-state index in [1.54, 1.807) is 18.2 Å². The first-order valence-corrected chi connectivity index (χ1v) is 7.77. The number of benzene rings is 1. The first kappa shape index (κ1) is 14.8. The lowest BCUT2D eigenvalue weighted by atomic mass is 9.76. The summed E-state index contributed by atoms with van der Waals surface area (Å²) in [6, 6.07) is 6.38. The van der Waals surface area contributed by atoms with Crippen LogP contribution in [0.25, 0.3) is 0 Å². The van der Waals surface area contributed by atoms with Gasteiger partial charge in [-0.3, -0.25) is 0 Å². The van der Waals surface area contributed by atoms with Gasteiger partial charge in [0.05, 0.1) is 5.69 Å². The van der Waals surface area contributed by atoms with Crippen LogP contribution in [0.5, 0.6) is 0 Å². The molecule has 1 fully saturated rings. The minimum absolute atomic E-state index is 0.0949. The topological polar surface area (TPSA) is 86.7 Å². The molecular formula is C13H18N2O4S. The SMILES string of the molecule is CN(C)S(=O)(=O)c1ccccc1NC1(C(=O)O)CCC1. The summed E-state index contributed by atoms with van der Waals surface area (Å²) >= 11 is 0. The Hall–Kier alpha value is -1.60. The Morgan fingerprint density at radius 3 is 2.35 bits per heavy atom. The average molecular weight is 298 g/mol. The Labute approximate surface area is 118 Å². The van der Waals surface area contributed by atoms with Crippen LogP contribution in [0.2, 0.25) is 0 Å². The lowest BCUT2D eigenvalue weighted by Crippen LogP contribution is -2.52. The van der Waals surface area contributed by atoms with Crippen molar-refractivity contribution >= 4 is 21.7 Å². The molecule has 1 aromatic rings. The number of sulfonamides is 1. The molecular weight excluding hydrogens is 280 g/mol. The molecule has 110 valence electrons. The van der Waals surface area contributed by atoms with E-state index < -0.39 is 21.5 Å². The van der Waals surface area contributed by atoms with Crippen LogP contribution < -0.4 is 5.32 Å². The zero-order valence-corrected chi connectivity index (χ0v) is 12.3. The highest BCUT2D eigenvalue weighted by Gasteiger charge is 2.45. The van der Waals surface area contributed by atoms with Crippen molar-refractivity contribution in [3.63, 3.8) is 0 Å². The molecule has 2 N–H and O–H groups in total. The van der Waals surface area contributed by atoms with Gasteiger partial charge in [-0.25, -0.2) is 17.5 Å². The zero-order valence-electron chi connectivity index (χ0n) is 11.5. The molecule has 0 aromatic heterocycles. The summed E-state index contributed by atoms with van der Waals surface area (Å²) in [4.78, 5) is 11.5. The van der Waals surface area contributed by atoms with Gasteiger partial charge < -0.3 is 10.4 Å². The van der Waals surface area contributed by atoms with Crippen LogP contribution in [0, 0.1) is 0 Å². The van der Waals surface area contributed by atoms with Crippen LogP contribution in [0.4, 0.5) is 5.69 Å². The first-order chi connectivity index (χ1) is 9.29. The Balaban J connectivity index is 2.42. The maximum Gasteiger partial charge on any atom is 0.329 e. The maximum atomic E-state index is 12.3. The number of anilines is 1. The van der Waals surface area contributed by atoms with Crippen LogP contribution in [-0.4, -0.2) is 43.4 Å². The number of rotatable bonds is 5. The van der Waals surface area contributed by atoms with E-state index in [2.05, 4.69) is 5.32 Å². The Bertz CT molecular complexity index is 621. The summed E-state index contributed by atoms with van der Waals surface area (Å²) in [5.41, 5.74) is -0.707. The van der Waals surface area contributed by atoms with Crippen LogP contribution in [-0.2, 0) is 14.8 Å². The fourth-order valence-electron chi connectivity index (χ4n) is 2.17. The highest BCUT2D eigenvalue weighted by molar-refractivity contribution is 7.89. The average Bonchev–Trinajstić information content (AvgIpc) is 2.33. The molecule has 0 radical (unpaired) electrons. The second kappa shape index (κ2) is 5.06. The third-order valence-corrected chi connectivity index (χ3v) is 5.51. The number of nitrogens with one attached hydrogen (secondary N) is 1. The number of aliphatic carboxylic acids is 1. The normalized spacial score (nSPS) is 17.6. The summed E-state index contributed by atoms with van der Waals surface area (Å²) in [6.07, 6.45) is 1.82. The molecule has 2 rings (SSSR count). The molecule has 7 heteroatoms. The molecule has 0 bridgehead atoms. The molecule has 0 spiro atoms. The number of hydrogen-bond donors (Lipinski definition) is 2. The van der Waals surface area contributed by atoms with Gasteiger partial charge in [0, 0.05) is 14.1 Å². The van der Waals surface area contributed by atoms with Gasteiger partial charge in [0.2, 0.25) is 10.0 Å². The molecule has 1 aromatic carbocycles. The monoisotopic (exact) mass is 298 g/mol. The predicted octanol–water partition coefficient (Wildman–Crippen LogP) is 1.36. The van der Waals surface area contributed by atoms with Crippen molar-refractivity contribution in [3.05, 3.63) is 24.3 Å². The molecule has 0 aliphatic heterocycles. The van der Waals surface area contributed by atoms with Crippen LogP contribution in [0.3, 0.4) is 0 Å². The van der Waals surface area contributed by atoms with Crippen molar-refractivity contribution in [2.75, 3.05) is 19.4 Å². The Kier molecular flexibility index (Phi) is 3.75. The molecule has 1 aliphatic carbocycles. The summed E-state index contributed by atoms with van der Waals surface area (Å²) in [5.74, 6) is -0.944. The van der Waals surface area contributed by atoms with Gasteiger partial charge in [0.15, 0.2) is 0 Å². The number of carboxylic acids is 1. The third-order valence-electron chi connectivity index (χ3n) is 3.64. The minimum atomic E-state index is -3.61. The quantitative estimate of drug-likeness (QED) is 0.857. The van der Waals surface area contributed by atoms with Gasteiger partial charge in [-0.05, 0) is 31.4 Å². The van der Waals surface area contributed by atoms with E-state index in [-0.39, 0.29) is 4.90 Å². The molecule has 6 nitrogen and oxygen atoms in total. The van der Waals surface area contributed by atoms with Crippen molar-refractivity contribution < 1.29 is 18.3 Å². The second-order valence-electron chi connectivity index (χ2n) is 5.15. The van der Waals surface area contributed by atoms with E-state index in [1.807, 2.05) is 0 Å². The number of carboxylic acid groups (broad SMARTS) is 1. The number of nitrogens with zero attached hydrogens (tertiary/aromatic N) is 1. The smallest absolute Gasteiger partial charge is 0.329 e. The number of para-hydroxylation sites is 1. The van der Waals surface area contributed by atoms with Crippen molar-refractivity contribution in [2.45, 2.75) is 29.7 Å². The van der Waals surface area contributed by atoms with E-state index in [9.17, 15) is 18.3 Å². The van der Waals surface area contributed by atoms with Gasteiger partial charge in [-0.2, -0.15) is 0 Å². The number of hydrogen-bond acceptors (Lipinski definition) is 4. The summed E-state index contributed by atoms with van der Waals surface area (Å²) in [7, 11) is -0.718. The van der Waals surface area contributed by atoms with Crippen molar-refractivity contribution in [2.24, 2.45) is 0 Å². The van der Waals surface area contributed by atoms with E-state index in [0.29, 0.717) is 18.5 Å². The van der Waals surface area contributed by atoms with Gasteiger partial charge >= 0.3 is 5.97 Å². The molecule has 0 heterocycles. The third kappa shape index (κ3) is 2.38. The van der Waals surface area contributed by atoms with E-state index in [4.69, 9.17) is 0 Å². The largest absolute Gasteiger partial charge is 0.480 e. The molecule has 0 atom stereocenters. The Morgan fingerprint density at radius 2 is 1.90 bits per heavy atom. The summed E-state index contributed by atoms with van der Waals surface area (Å²) < 4.78 is 25.6. The second-order valence-corrected chi connectivity index (χ2v) is 7.27. The fourth-order valence-corrected chi connectivity index (χ4v) is 3.21. The van der Waals surface area contributed by atoms with Crippen molar-refractivity contribution in [1.29, 1.82) is 0 Å². The highest BCUT2D eigenvalue weighted by atomic mass is 32.2. The van der Waals surface area contributed by atoms with Gasteiger partial charge in [0.25, 0.3) is 0 Å². The van der Waals surface area contributed by atoms with Gasteiger partial charge in [-0.1, -0.05) is 12.1 Å². The minimum Gasteiger partial charge on any atom is -0.480 e. The zero-order chi connectivity index (χ0) is 15.0. The highest BCUT2D eigenvalue weighted by Crippen LogP contribution is 2.37. The molecule has 0 amide bonds. The fraction of sp³-hybridized carbons (Fsp3) is 0.462. The molecule has 0 unspecified atom stereocenters. The van der Waals surface area contributed by atoms with Gasteiger partial charge in [0.1, 0.15) is 10.4 Å². The van der Waals surface area contributed by atoms with Crippen LogP contribution in [0.15, 0.2) is 29.2 Å². The molecule has 1 aliphatic rings. The van der Waals surface area contributed by atoms with E-state index >= 15 is 0 Å². The Morgan fingerprint density at radius 1 is 1.30 bits per heavy atom. The van der Waals surface area contributed by atoms with Crippen molar-refractivity contribution in [1.82, 2.24) is 4.31 Å². The lowest BCUT2D eigenvalue weighted by Gasteiger charge is -2.39. The number of carbonyl (C=O) groups is 1. The van der Waals surface area contributed by atoms with E-state index in [1.165, 1.54) is 20.2 Å². The molecule has 20 heavy (non-hydrogen) atoms. The predicted molar refractivity (Wildman–Crippen MR) is 75.2 cm³/mol. The molecule has 1 saturated carbocycles. The van der Waals surface area contributed by atoms with E-state index in [0.717, 1.165) is 10.7 Å². The maximum absolute atomic E-state index is 12.3. The first-order valence-electron chi connectivity index (χ1n) is 6.33. The standard InChI is InChI=1S/C13H18N2O4S/c1-15(2)20(18,19)11-7-4-3-6-10(11)14-13(12(16)17)8-5-9-13/h3-4,6-7,14H,5,8-9H2,1-2H3,(H,16,17). The van der Waals surface area contributed by atoms with Crippen LogP contribution in [0.1, 0.15) is 19.3 Å². The van der Waals surface area contributed by atoms with Gasteiger partial charge in [-0.15, -0.1) is 0 Å². The summed E-state index contributed by atoms with van der Waals surface area (Å²) in [5, 5.41) is 12.2. The molecule has 0 saturated heterocycles. The van der Waals surface area contributed by atoms with Crippen LogP contribution >= 0.6 is 0 Å². The van der Waals surface area contributed by atoms with Crippen molar-refractivity contribution in [3.8, 4) is 0 Å². The lowest BCUT2D eigenvalue weighted by molar-refractivity contribution is -0.145. The summed E-state index contributed by atoms with van der Waals surface area (Å²) in [6.45, 7) is 0.